The topological polar surface area (TPSA) is 42.8 Å². The molecule has 1 amide bonds. The van der Waals surface area contributed by atoms with Crippen LogP contribution < -0.4 is 15.0 Å². The molecular formula is C18H21ClFN2O2+. The van der Waals surface area contributed by atoms with E-state index in [0.29, 0.717) is 18.2 Å². The van der Waals surface area contributed by atoms with Gasteiger partial charge in [-0.3, -0.25) is 4.79 Å². The molecule has 4 nitrogen and oxygen atoms in total. The number of hydrogen-bond donors (Lipinski definition) is 2. The summed E-state index contributed by atoms with van der Waals surface area (Å²) in [7, 11) is 1.91. The molecule has 2 aromatic rings. The van der Waals surface area contributed by atoms with Crippen molar-refractivity contribution in [2.45, 2.75) is 13.5 Å². The molecule has 0 radical (unpaired) electrons. The molecule has 0 aromatic heterocycles. The van der Waals surface area contributed by atoms with E-state index in [9.17, 15) is 9.18 Å². The van der Waals surface area contributed by atoms with Gasteiger partial charge in [0.1, 0.15) is 18.1 Å². The molecule has 128 valence electrons. The summed E-state index contributed by atoms with van der Waals surface area (Å²) in [6.07, 6.45) is 0. The van der Waals surface area contributed by atoms with Crippen molar-refractivity contribution < 1.29 is 18.8 Å². The van der Waals surface area contributed by atoms with E-state index in [1.807, 2.05) is 38.2 Å². The number of rotatable bonds is 7. The summed E-state index contributed by atoms with van der Waals surface area (Å²) in [4.78, 5) is 13.0. The first-order chi connectivity index (χ1) is 11.5. The Morgan fingerprint density at radius 2 is 1.96 bits per heavy atom. The maximum absolute atomic E-state index is 13.7. The third-order valence-electron chi connectivity index (χ3n) is 3.41. The van der Waals surface area contributed by atoms with Crippen LogP contribution in [0.3, 0.4) is 0 Å². The van der Waals surface area contributed by atoms with Gasteiger partial charge in [0, 0.05) is 10.6 Å². The van der Waals surface area contributed by atoms with Crippen molar-refractivity contribution in [3.8, 4) is 5.75 Å². The maximum atomic E-state index is 13.7. The summed E-state index contributed by atoms with van der Waals surface area (Å²) in [6, 6.07) is 11.9. The zero-order valence-corrected chi connectivity index (χ0v) is 14.5. The third-order valence-corrected chi connectivity index (χ3v) is 3.64. The Bertz CT molecular complexity index is 692. The average Bonchev–Trinajstić information content (AvgIpc) is 2.52. The van der Waals surface area contributed by atoms with Crippen LogP contribution in [-0.4, -0.2) is 26.1 Å². The molecular weight excluding hydrogens is 331 g/mol. The Kier molecular flexibility index (Phi) is 6.58. The molecule has 0 fully saturated rings. The fourth-order valence-electron chi connectivity index (χ4n) is 2.34. The largest absolute Gasteiger partial charge is 0.494 e. The molecule has 2 rings (SSSR count). The molecule has 1 unspecified atom stereocenters. The number of carbonyl (C=O) groups excluding carboxylic acids is 1. The second-order valence-electron chi connectivity index (χ2n) is 5.56. The number of quaternary nitrogens is 1. The molecule has 0 bridgehead atoms. The standard InChI is InChI=1S/C18H20ClFN2O2/c1-3-24-15-7-4-13(5-8-15)11-22(2)12-18(23)21-17-9-6-14(19)10-16(17)20/h4-10H,3,11-12H2,1-2H3,(H,21,23)/p+1. The minimum absolute atomic E-state index is 0.137. The van der Waals surface area contributed by atoms with Gasteiger partial charge in [0.15, 0.2) is 6.54 Å². The molecule has 24 heavy (non-hydrogen) atoms. The molecule has 2 N–H and O–H groups in total. The minimum atomic E-state index is -0.542. The zero-order chi connectivity index (χ0) is 17.5. The van der Waals surface area contributed by atoms with Gasteiger partial charge >= 0.3 is 0 Å². The fourth-order valence-corrected chi connectivity index (χ4v) is 2.50. The Labute approximate surface area is 146 Å². The number of nitrogens with one attached hydrogen (secondary N) is 2. The van der Waals surface area contributed by atoms with Crippen LogP contribution in [-0.2, 0) is 11.3 Å². The van der Waals surface area contributed by atoms with E-state index in [4.69, 9.17) is 16.3 Å². The van der Waals surface area contributed by atoms with E-state index in [-0.39, 0.29) is 18.1 Å². The van der Waals surface area contributed by atoms with E-state index < -0.39 is 5.82 Å². The van der Waals surface area contributed by atoms with Gasteiger partial charge in [-0.05, 0) is 49.4 Å². The van der Waals surface area contributed by atoms with Crippen molar-refractivity contribution in [2.75, 3.05) is 25.5 Å². The van der Waals surface area contributed by atoms with Crippen LogP contribution >= 0.6 is 11.6 Å². The Morgan fingerprint density at radius 3 is 2.58 bits per heavy atom. The van der Waals surface area contributed by atoms with Gasteiger partial charge < -0.3 is 15.0 Å². The smallest absolute Gasteiger partial charge is 0.279 e. The Hall–Kier alpha value is -2.11. The first-order valence-electron chi connectivity index (χ1n) is 7.76. The van der Waals surface area contributed by atoms with Crippen molar-refractivity contribution in [1.29, 1.82) is 0 Å². The summed E-state index contributed by atoms with van der Waals surface area (Å²) in [6.45, 7) is 3.48. The number of likely N-dealkylation sites (N-methyl/N-ethyl adjacent to an activating group) is 1. The molecule has 2 aromatic carbocycles. The molecule has 0 aliphatic carbocycles. The molecule has 0 aliphatic rings. The zero-order valence-electron chi connectivity index (χ0n) is 13.7. The number of halogens is 2. The van der Waals surface area contributed by atoms with Gasteiger partial charge in [-0.2, -0.15) is 0 Å². The van der Waals surface area contributed by atoms with Gasteiger partial charge in [-0.15, -0.1) is 0 Å². The van der Waals surface area contributed by atoms with Crippen molar-refractivity contribution >= 4 is 23.2 Å². The van der Waals surface area contributed by atoms with Crippen molar-refractivity contribution in [1.82, 2.24) is 0 Å². The van der Waals surface area contributed by atoms with Crippen LogP contribution in [0.15, 0.2) is 42.5 Å². The van der Waals surface area contributed by atoms with E-state index >= 15 is 0 Å². The second kappa shape index (κ2) is 8.66. The average molecular weight is 352 g/mol. The molecule has 0 heterocycles. The van der Waals surface area contributed by atoms with Gasteiger partial charge in [0.2, 0.25) is 0 Å². The first kappa shape index (κ1) is 18.2. The highest BCUT2D eigenvalue weighted by Gasteiger charge is 2.13. The summed E-state index contributed by atoms with van der Waals surface area (Å²) in [5, 5.41) is 2.86. The van der Waals surface area contributed by atoms with Crippen LogP contribution in [0.4, 0.5) is 10.1 Å². The van der Waals surface area contributed by atoms with Crippen LogP contribution in [0.5, 0.6) is 5.75 Å². The lowest BCUT2D eigenvalue weighted by Crippen LogP contribution is -3.08. The van der Waals surface area contributed by atoms with Crippen LogP contribution in [0.25, 0.3) is 0 Å². The number of amides is 1. The van der Waals surface area contributed by atoms with Crippen LogP contribution in [0.2, 0.25) is 5.02 Å². The molecule has 6 heteroatoms. The summed E-state index contributed by atoms with van der Waals surface area (Å²) in [5.41, 5.74) is 1.24. The SMILES string of the molecule is CCOc1ccc(C[NH+](C)CC(=O)Nc2ccc(Cl)cc2F)cc1. The number of benzene rings is 2. The quantitative estimate of drug-likeness (QED) is 0.805. The first-order valence-corrected chi connectivity index (χ1v) is 8.13. The highest BCUT2D eigenvalue weighted by Crippen LogP contribution is 2.18. The lowest BCUT2D eigenvalue weighted by Gasteiger charge is -2.14. The summed E-state index contributed by atoms with van der Waals surface area (Å²) < 4.78 is 19.1. The van der Waals surface area contributed by atoms with E-state index in [1.165, 1.54) is 18.2 Å². The van der Waals surface area contributed by atoms with Crippen LogP contribution in [0, 0.1) is 5.82 Å². The summed E-state index contributed by atoms with van der Waals surface area (Å²) in [5.74, 6) is 0.0366. The lowest BCUT2D eigenvalue weighted by atomic mass is 10.2. The predicted octanol–water partition coefficient (Wildman–Crippen LogP) is 2.53. The maximum Gasteiger partial charge on any atom is 0.279 e. The lowest BCUT2D eigenvalue weighted by molar-refractivity contribution is -0.885. The fraction of sp³-hybridized carbons (Fsp3) is 0.278. The minimum Gasteiger partial charge on any atom is -0.494 e. The third kappa shape index (κ3) is 5.51. The number of hydrogen-bond acceptors (Lipinski definition) is 2. The second-order valence-corrected chi connectivity index (χ2v) is 6.00. The van der Waals surface area contributed by atoms with Crippen LogP contribution in [0.1, 0.15) is 12.5 Å². The van der Waals surface area contributed by atoms with Gasteiger partial charge in [-0.1, -0.05) is 11.6 Å². The van der Waals surface area contributed by atoms with Gasteiger partial charge in [-0.25, -0.2) is 4.39 Å². The van der Waals surface area contributed by atoms with Crippen molar-refractivity contribution in [3.05, 3.63) is 58.9 Å². The molecule has 0 spiro atoms. The highest BCUT2D eigenvalue weighted by atomic mass is 35.5. The molecule has 0 aliphatic heterocycles. The van der Waals surface area contributed by atoms with Gasteiger partial charge in [0.05, 0.1) is 19.3 Å². The predicted molar refractivity (Wildman–Crippen MR) is 93.1 cm³/mol. The van der Waals surface area contributed by atoms with E-state index in [0.717, 1.165) is 16.2 Å². The van der Waals surface area contributed by atoms with E-state index in [1.54, 1.807) is 0 Å². The normalized spacial score (nSPS) is 11.8. The highest BCUT2D eigenvalue weighted by molar-refractivity contribution is 6.30. The number of ether oxygens (including phenoxy) is 1. The molecule has 1 atom stereocenters. The number of anilines is 1. The number of carbonyl (C=O) groups is 1. The van der Waals surface area contributed by atoms with E-state index in [2.05, 4.69) is 5.32 Å². The molecule has 0 saturated carbocycles. The molecule has 0 saturated heterocycles. The van der Waals surface area contributed by atoms with Gasteiger partial charge in [0.25, 0.3) is 5.91 Å². The Balaban J connectivity index is 1.86. The monoisotopic (exact) mass is 351 g/mol. The van der Waals surface area contributed by atoms with Crippen molar-refractivity contribution in [3.63, 3.8) is 0 Å². The Morgan fingerprint density at radius 1 is 1.25 bits per heavy atom. The van der Waals surface area contributed by atoms with Crippen molar-refractivity contribution in [2.24, 2.45) is 0 Å². The summed E-state index contributed by atoms with van der Waals surface area (Å²) >= 11 is 5.69.